The van der Waals surface area contributed by atoms with Crippen LogP contribution in [-0.2, 0) is 9.53 Å². The largest absolute Gasteiger partial charge is 0.469 e. The number of esters is 1. The lowest BCUT2D eigenvalue weighted by Crippen LogP contribution is -1.98. The Morgan fingerprint density at radius 1 is 0.895 bits per heavy atom. The molecular formula is C17H30O2. The first kappa shape index (κ1) is 17.9. The van der Waals surface area contributed by atoms with Gasteiger partial charge in [-0.25, -0.2) is 0 Å². The highest BCUT2D eigenvalue weighted by Crippen LogP contribution is 2.08. The molecule has 2 nitrogen and oxygen atoms in total. The summed E-state index contributed by atoms with van der Waals surface area (Å²) in [5, 5.41) is 0. The van der Waals surface area contributed by atoms with Crippen molar-refractivity contribution in [2.75, 3.05) is 7.11 Å². The summed E-state index contributed by atoms with van der Waals surface area (Å²) in [6.07, 6.45) is 19.1. The third kappa shape index (κ3) is 14.9. The average molecular weight is 266 g/mol. The Balaban J connectivity index is 3.11. The molecule has 0 aromatic rings. The Morgan fingerprint density at radius 2 is 1.42 bits per heavy atom. The smallest absolute Gasteiger partial charge is 0.305 e. The highest BCUT2D eigenvalue weighted by Gasteiger charge is 1.98. The van der Waals surface area contributed by atoms with Crippen LogP contribution in [0.2, 0.25) is 0 Å². The summed E-state index contributed by atoms with van der Waals surface area (Å²) < 4.78 is 4.60. The van der Waals surface area contributed by atoms with Crippen LogP contribution in [0, 0.1) is 0 Å². The molecule has 0 aromatic heterocycles. The quantitative estimate of drug-likeness (QED) is 0.260. The van der Waals surface area contributed by atoms with Crippen molar-refractivity contribution in [2.24, 2.45) is 0 Å². The predicted molar refractivity (Wildman–Crippen MR) is 82.1 cm³/mol. The average Bonchev–Trinajstić information content (AvgIpc) is 2.43. The molecule has 0 heterocycles. The van der Waals surface area contributed by atoms with Crippen molar-refractivity contribution >= 4 is 5.97 Å². The Morgan fingerprint density at radius 3 is 2.05 bits per heavy atom. The Bertz CT molecular complexity index is 244. The second-order valence-electron chi connectivity index (χ2n) is 4.93. The van der Waals surface area contributed by atoms with E-state index in [0.29, 0.717) is 6.42 Å². The van der Waals surface area contributed by atoms with E-state index in [0.717, 1.165) is 19.3 Å². The van der Waals surface area contributed by atoms with Crippen molar-refractivity contribution in [1.29, 1.82) is 0 Å². The number of methoxy groups -OCH3 is 1. The van der Waals surface area contributed by atoms with E-state index in [-0.39, 0.29) is 5.97 Å². The van der Waals surface area contributed by atoms with Gasteiger partial charge in [-0.15, -0.1) is 6.58 Å². The summed E-state index contributed by atoms with van der Waals surface area (Å²) >= 11 is 0. The number of allylic oxidation sites excluding steroid dienone is 3. The van der Waals surface area contributed by atoms with E-state index in [1.807, 2.05) is 6.08 Å². The Hall–Kier alpha value is -1.05. The molecule has 0 bridgehead atoms. The van der Waals surface area contributed by atoms with Gasteiger partial charge in [-0.1, -0.05) is 37.5 Å². The molecule has 0 saturated carbocycles. The van der Waals surface area contributed by atoms with Gasteiger partial charge in [0.25, 0.3) is 0 Å². The molecule has 0 atom stereocenters. The zero-order valence-corrected chi connectivity index (χ0v) is 12.5. The van der Waals surface area contributed by atoms with E-state index in [1.54, 1.807) is 0 Å². The lowest BCUT2D eigenvalue weighted by Gasteiger charge is -2.00. The molecule has 0 unspecified atom stereocenters. The topological polar surface area (TPSA) is 26.3 Å². The number of ether oxygens (including phenoxy) is 1. The van der Waals surface area contributed by atoms with E-state index >= 15 is 0 Å². The third-order valence-corrected chi connectivity index (χ3v) is 3.18. The summed E-state index contributed by atoms with van der Waals surface area (Å²) in [4.78, 5) is 10.9. The summed E-state index contributed by atoms with van der Waals surface area (Å²) in [6, 6.07) is 0. The van der Waals surface area contributed by atoms with Crippen LogP contribution < -0.4 is 0 Å². The molecule has 0 amide bonds. The first-order chi connectivity index (χ1) is 9.31. The standard InChI is InChI=1S/C17H30O2/c1-3-4-5-6-7-8-9-10-11-12-13-14-15-16-17(18)19-2/h3,8-9H,1,4-7,10-16H2,2H3/b9-8-. The van der Waals surface area contributed by atoms with Crippen molar-refractivity contribution in [1.82, 2.24) is 0 Å². The van der Waals surface area contributed by atoms with Gasteiger partial charge in [0, 0.05) is 6.42 Å². The lowest BCUT2D eigenvalue weighted by atomic mass is 10.1. The van der Waals surface area contributed by atoms with Crippen LogP contribution in [0.5, 0.6) is 0 Å². The maximum Gasteiger partial charge on any atom is 0.305 e. The van der Waals surface area contributed by atoms with Gasteiger partial charge >= 0.3 is 5.97 Å². The monoisotopic (exact) mass is 266 g/mol. The minimum Gasteiger partial charge on any atom is -0.469 e. The van der Waals surface area contributed by atoms with Gasteiger partial charge in [-0.2, -0.15) is 0 Å². The SMILES string of the molecule is C=CCCCC/C=C\CCCCCCCC(=O)OC. The van der Waals surface area contributed by atoms with Crippen molar-refractivity contribution in [2.45, 2.75) is 70.6 Å². The number of hydrogen-bond acceptors (Lipinski definition) is 2. The first-order valence-corrected chi connectivity index (χ1v) is 7.64. The molecule has 19 heavy (non-hydrogen) atoms. The van der Waals surface area contributed by atoms with Gasteiger partial charge in [-0.05, 0) is 44.9 Å². The maximum absolute atomic E-state index is 10.9. The van der Waals surface area contributed by atoms with E-state index in [9.17, 15) is 4.79 Å². The second kappa shape index (κ2) is 15.0. The van der Waals surface area contributed by atoms with Gasteiger partial charge in [-0.3, -0.25) is 4.79 Å². The Kier molecular flexibility index (Phi) is 14.2. The molecule has 0 aliphatic rings. The molecule has 0 fully saturated rings. The molecule has 0 aliphatic heterocycles. The van der Waals surface area contributed by atoms with Gasteiger partial charge in [0.1, 0.15) is 0 Å². The lowest BCUT2D eigenvalue weighted by molar-refractivity contribution is -0.140. The highest BCUT2D eigenvalue weighted by atomic mass is 16.5. The normalized spacial score (nSPS) is 10.8. The van der Waals surface area contributed by atoms with E-state index in [2.05, 4.69) is 23.5 Å². The fourth-order valence-electron chi connectivity index (χ4n) is 1.95. The van der Waals surface area contributed by atoms with Crippen LogP contribution >= 0.6 is 0 Å². The van der Waals surface area contributed by atoms with Crippen LogP contribution in [0.25, 0.3) is 0 Å². The van der Waals surface area contributed by atoms with Crippen LogP contribution in [0.1, 0.15) is 70.6 Å². The van der Waals surface area contributed by atoms with Crippen LogP contribution in [0.4, 0.5) is 0 Å². The molecular weight excluding hydrogens is 236 g/mol. The van der Waals surface area contributed by atoms with Crippen molar-refractivity contribution < 1.29 is 9.53 Å². The number of unbranched alkanes of at least 4 members (excludes halogenated alkanes) is 8. The zero-order valence-electron chi connectivity index (χ0n) is 12.5. The molecule has 0 N–H and O–H groups in total. The summed E-state index contributed by atoms with van der Waals surface area (Å²) in [6.45, 7) is 3.72. The van der Waals surface area contributed by atoms with E-state index in [1.165, 1.54) is 52.1 Å². The molecule has 0 spiro atoms. The number of hydrogen-bond donors (Lipinski definition) is 0. The number of carbonyl (C=O) groups is 1. The molecule has 2 heteroatoms. The molecule has 0 rings (SSSR count). The van der Waals surface area contributed by atoms with Crippen LogP contribution in [-0.4, -0.2) is 13.1 Å². The van der Waals surface area contributed by atoms with Crippen LogP contribution in [0.3, 0.4) is 0 Å². The van der Waals surface area contributed by atoms with E-state index in [4.69, 9.17) is 0 Å². The predicted octanol–water partition coefficient (Wildman–Crippen LogP) is 5.19. The fraction of sp³-hybridized carbons (Fsp3) is 0.706. The summed E-state index contributed by atoms with van der Waals surface area (Å²) in [5.74, 6) is -0.0839. The second-order valence-corrected chi connectivity index (χ2v) is 4.93. The summed E-state index contributed by atoms with van der Waals surface area (Å²) in [7, 11) is 1.45. The molecule has 110 valence electrons. The third-order valence-electron chi connectivity index (χ3n) is 3.18. The van der Waals surface area contributed by atoms with Gasteiger partial charge in [0.05, 0.1) is 7.11 Å². The van der Waals surface area contributed by atoms with Gasteiger partial charge < -0.3 is 4.74 Å². The van der Waals surface area contributed by atoms with Crippen LogP contribution in [0.15, 0.2) is 24.8 Å². The minimum atomic E-state index is -0.0839. The first-order valence-electron chi connectivity index (χ1n) is 7.64. The van der Waals surface area contributed by atoms with Gasteiger partial charge in [0.2, 0.25) is 0 Å². The number of carbonyl (C=O) groups excluding carboxylic acids is 1. The molecule has 0 radical (unpaired) electrons. The van der Waals surface area contributed by atoms with Gasteiger partial charge in [0.15, 0.2) is 0 Å². The minimum absolute atomic E-state index is 0.0839. The fourth-order valence-corrected chi connectivity index (χ4v) is 1.95. The molecule has 0 aromatic carbocycles. The van der Waals surface area contributed by atoms with Crippen molar-refractivity contribution in [3.05, 3.63) is 24.8 Å². The van der Waals surface area contributed by atoms with Crippen molar-refractivity contribution in [3.63, 3.8) is 0 Å². The maximum atomic E-state index is 10.9. The van der Waals surface area contributed by atoms with Crippen molar-refractivity contribution in [3.8, 4) is 0 Å². The molecule has 0 aliphatic carbocycles. The highest BCUT2D eigenvalue weighted by molar-refractivity contribution is 5.68. The van der Waals surface area contributed by atoms with E-state index < -0.39 is 0 Å². The zero-order chi connectivity index (χ0) is 14.2. The molecule has 0 saturated heterocycles. The number of rotatable bonds is 13. The summed E-state index contributed by atoms with van der Waals surface area (Å²) in [5.41, 5.74) is 0. The Labute approximate surface area is 118 Å².